The molecule has 0 aliphatic rings. The molecule has 0 radical (unpaired) electrons. The van der Waals surface area contributed by atoms with Crippen molar-refractivity contribution in [1.29, 1.82) is 0 Å². The number of allylic oxidation sites excluding steroid dienone is 1. The van der Waals surface area contributed by atoms with Crippen molar-refractivity contribution in [3.63, 3.8) is 0 Å². The first-order valence-corrected chi connectivity index (χ1v) is 5.71. The van der Waals surface area contributed by atoms with Gasteiger partial charge in [-0.25, -0.2) is 13.1 Å². The van der Waals surface area contributed by atoms with Crippen LogP contribution in [0.1, 0.15) is 33.6 Å². The molecule has 0 aliphatic carbocycles. The molecule has 0 aromatic carbocycles. The molecule has 0 spiro atoms. The van der Waals surface area contributed by atoms with Crippen LogP contribution in [0.2, 0.25) is 0 Å². The summed E-state index contributed by atoms with van der Waals surface area (Å²) in [4.78, 5) is 0. The highest BCUT2D eigenvalue weighted by molar-refractivity contribution is 7.92. The van der Waals surface area contributed by atoms with E-state index in [4.69, 9.17) is 0 Å². The first-order valence-electron chi connectivity index (χ1n) is 4.17. The number of sulfonamides is 1. The van der Waals surface area contributed by atoms with Gasteiger partial charge in [-0.05, 0) is 20.3 Å². The van der Waals surface area contributed by atoms with Crippen LogP contribution in [-0.4, -0.2) is 14.5 Å². The van der Waals surface area contributed by atoms with Crippen molar-refractivity contribution in [2.45, 2.75) is 39.7 Å². The number of hydrogen-bond donors (Lipinski definition) is 1. The monoisotopic (exact) mass is 191 g/mol. The number of unbranched alkanes of at least 4 members (excludes halogenated alkanes) is 1. The molecule has 0 bridgehead atoms. The Morgan fingerprint density at radius 2 is 2.00 bits per heavy atom. The SMILES string of the molecule is CCC/C=C/S(=O)(=O)NC(C)C. The maximum Gasteiger partial charge on any atom is 0.233 e. The molecule has 1 N–H and O–H groups in total. The highest BCUT2D eigenvalue weighted by atomic mass is 32.2. The summed E-state index contributed by atoms with van der Waals surface area (Å²) in [5, 5.41) is 1.23. The predicted molar refractivity (Wildman–Crippen MR) is 51.2 cm³/mol. The van der Waals surface area contributed by atoms with Crippen molar-refractivity contribution in [2.75, 3.05) is 0 Å². The minimum Gasteiger partial charge on any atom is -0.209 e. The molecule has 0 aromatic heterocycles. The number of hydrogen-bond acceptors (Lipinski definition) is 2. The lowest BCUT2D eigenvalue weighted by Crippen LogP contribution is -2.28. The van der Waals surface area contributed by atoms with E-state index in [0.717, 1.165) is 12.8 Å². The summed E-state index contributed by atoms with van der Waals surface area (Å²) in [5.74, 6) is 0. The summed E-state index contributed by atoms with van der Waals surface area (Å²) in [7, 11) is -3.18. The fourth-order valence-electron chi connectivity index (χ4n) is 0.729. The highest BCUT2D eigenvalue weighted by Crippen LogP contribution is 1.94. The van der Waals surface area contributed by atoms with Crippen molar-refractivity contribution in [1.82, 2.24) is 4.72 Å². The third-order valence-electron chi connectivity index (χ3n) is 1.13. The second kappa shape index (κ2) is 5.32. The van der Waals surface area contributed by atoms with E-state index in [-0.39, 0.29) is 6.04 Å². The van der Waals surface area contributed by atoms with Gasteiger partial charge in [0.1, 0.15) is 0 Å². The largest absolute Gasteiger partial charge is 0.233 e. The Bertz CT molecular complexity index is 229. The predicted octanol–water partition coefficient (Wildman–Crippen LogP) is 1.63. The summed E-state index contributed by atoms with van der Waals surface area (Å²) in [5.41, 5.74) is 0. The Balaban J connectivity index is 4.05. The average Bonchev–Trinajstić information content (AvgIpc) is 1.84. The van der Waals surface area contributed by atoms with Gasteiger partial charge in [-0.2, -0.15) is 0 Å². The molecule has 0 heterocycles. The van der Waals surface area contributed by atoms with Gasteiger partial charge >= 0.3 is 0 Å². The maximum atomic E-state index is 11.1. The molecule has 0 unspecified atom stereocenters. The van der Waals surface area contributed by atoms with Gasteiger partial charge < -0.3 is 0 Å². The Morgan fingerprint density at radius 3 is 2.42 bits per heavy atom. The second-order valence-corrected chi connectivity index (χ2v) is 4.58. The van der Waals surface area contributed by atoms with Crippen LogP contribution >= 0.6 is 0 Å². The molecule has 0 atom stereocenters. The molecule has 0 fully saturated rings. The maximum absolute atomic E-state index is 11.1. The fraction of sp³-hybridized carbons (Fsp3) is 0.750. The van der Waals surface area contributed by atoms with E-state index in [1.165, 1.54) is 5.41 Å². The minimum absolute atomic E-state index is 0.0405. The van der Waals surface area contributed by atoms with E-state index < -0.39 is 10.0 Å². The fourth-order valence-corrected chi connectivity index (χ4v) is 1.85. The van der Waals surface area contributed by atoms with E-state index >= 15 is 0 Å². The molecular formula is C8H17NO2S. The number of rotatable bonds is 5. The van der Waals surface area contributed by atoms with Crippen LogP contribution in [-0.2, 0) is 10.0 Å². The van der Waals surface area contributed by atoms with Crippen molar-refractivity contribution in [2.24, 2.45) is 0 Å². The van der Waals surface area contributed by atoms with Crippen LogP contribution in [0, 0.1) is 0 Å². The highest BCUT2D eigenvalue weighted by Gasteiger charge is 2.05. The molecule has 0 rings (SSSR count). The van der Waals surface area contributed by atoms with E-state index in [9.17, 15) is 8.42 Å². The van der Waals surface area contributed by atoms with Crippen LogP contribution in [0.3, 0.4) is 0 Å². The van der Waals surface area contributed by atoms with Crippen molar-refractivity contribution in [3.05, 3.63) is 11.5 Å². The van der Waals surface area contributed by atoms with Crippen LogP contribution in [0.5, 0.6) is 0 Å². The Labute approximate surface area is 74.9 Å². The molecule has 3 nitrogen and oxygen atoms in total. The lowest BCUT2D eigenvalue weighted by atomic mass is 10.3. The molecule has 0 aromatic rings. The van der Waals surface area contributed by atoms with Crippen LogP contribution < -0.4 is 4.72 Å². The third-order valence-corrected chi connectivity index (χ3v) is 2.48. The zero-order valence-electron chi connectivity index (χ0n) is 7.87. The molecule has 0 amide bonds. The Kier molecular flexibility index (Phi) is 5.17. The quantitative estimate of drug-likeness (QED) is 0.718. The van der Waals surface area contributed by atoms with Gasteiger partial charge in [0.15, 0.2) is 0 Å². The molecule has 0 saturated carbocycles. The smallest absolute Gasteiger partial charge is 0.209 e. The average molecular weight is 191 g/mol. The van der Waals surface area contributed by atoms with Gasteiger partial charge in [0, 0.05) is 11.4 Å². The first kappa shape index (κ1) is 11.6. The second-order valence-electron chi connectivity index (χ2n) is 2.98. The van der Waals surface area contributed by atoms with Gasteiger partial charge in [-0.15, -0.1) is 0 Å². The van der Waals surface area contributed by atoms with Crippen LogP contribution in [0.4, 0.5) is 0 Å². The molecule has 4 heteroatoms. The van der Waals surface area contributed by atoms with Crippen LogP contribution in [0.15, 0.2) is 11.5 Å². The zero-order chi connectivity index (χ0) is 9.61. The first-order chi connectivity index (χ1) is 5.48. The van der Waals surface area contributed by atoms with Gasteiger partial charge in [0.25, 0.3) is 0 Å². The molecular weight excluding hydrogens is 174 g/mol. The molecule has 0 aliphatic heterocycles. The topological polar surface area (TPSA) is 46.2 Å². The van der Waals surface area contributed by atoms with Gasteiger partial charge in [0.2, 0.25) is 10.0 Å². The lowest BCUT2D eigenvalue weighted by molar-refractivity contribution is 0.579. The summed E-state index contributed by atoms with van der Waals surface area (Å²) in [6, 6.07) is -0.0405. The van der Waals surface area contributed by atoms with Crippen LogP contribution in [0.25, 0.3) is 0 Å². The molecule has 12 heavy (non-hydrogen) atoms. The normalized spacial score (nSPS) is 13.0. The van der Waals surface area contributed by atoms with Gasteiger partial charge in [-0.1, -0.05) is 19.4 Å². The summed E-state index contributed by atoms with van der Waals surface area (Å²) >= 11 is 0. The van der Waals surface area contributed by atoms with Crippen molar-refractivity contribution < 1.29 is 8.42 Å². The molecule has 0 saturated heterocycles. The Morgan fingerprint density at radius 1 is 1.42 bits per heavy atom. The van der Waals surface area contributed by atoms with E-state index in [1.54, 1.807) is 19.9 Å². The summed E-state index contributed by atoms with van der Waals surface area (Å²) in [6.07, 6.45) is 3.44. The van der Waals surface area contributed by atoms with E-state index in [1.807, 2.05) is 6.92 Å². The van der Waals surface area contributed by atoms with E-state index in [2.05, 4.69) is 4.72 Å². The molecule has 72 valence electrons. The van der Waals surface area contributed by atoms with E-state index in [0.29, 0.717) is 0 Å². The zero-order valence-corrected chi connectivity index (χ0v) is 8.69. The minimum atomic E-state index is -3.18. The van der Waals surface area contributed by atoms with Gasteiger partial charge in [0.05, 0.1) is 0 Å². The lowest BCUT2D eigenvalue weighted by Gasteiger charge is -2.04. The van der Waals surface area contributed by atoms with Gasteiger partial charge in [-0.3, -0.25) is 0 Å². The standard InChI is InChI=1S/C8H17NO2S/c1-4-5-6-7-12(10,11)9-8(2)3/h6-9H,4-5H2,1-3H3/b7-6+. The van der Waals surface area contributed by atoms with Crippen molar-refractivity contribution in [3.8, 4) is 0 Å². The summed E-state index contributed by atoms with van der Waals surface area (Å²) < 4.78 is 24.7. The third kappa shape index (κ3) is 6.37. The summed E-state index contributed by atoms with van der Waals surface area (Å²) in [6.45, 7) is 5.60. The Hall–Kier alpha value is -0.350. The number of nitrogens with one attached hydrogen (secondary N) is 1. The van der Waals surface area contributed by atoms with Crippen molar-refractivity contribution >= 4 is 10.0 Å².